The van der Waals surface area contributed by atoms with Crippen molar-refractivity contribution < 1.29 is 19.1 Å². The van der Waals surface area contributed by atoms with E-state index < -0.39 is 23.2 Å². The lowest BCUT2D eigenvalue weighted by Crippen LogP contribution is -2.33. The van der Waals surface area contributed by atoms with E-state index in [9.17, 15) is 14.4 Å². The van der Waals surface area contributed by atoms with Gasteiger partial charge in [-0.1, -0.05) is 41.9 Å². The number of hydrogen-bond acceptors (Lipinski definition) is 6. The SMILES string of the molecule is CCOC(=O)C(=O)/C(=N/Nc1ccccc1)C(=O)c1ccccc1Cl. The predicted molar refractivity (Wildman–Crippen MR) is 94.9 cm³/mol. The summed E-state index contributed by atoms with van der Waals surface area (Å²) in [4.78, 5) is 36.7. The van der Waals surface area contributed by atoms with E-state index in [0.717, 1.165) is 0 Å². The number of carbonyl (C=O) groups excluding carboxylic acids is 3. The van der Waals surface area contributed by atoms with E-state index in [2.05, 4.69) is 15.3 Å². The van der Waals surface area contributed by atoms with Crippen LogP contribution in [-0.4, -0.2) is 29.9 Å². The van der Waals surface area contributed by atoms with Gasteiger partial charge < -0.3 is 4.74 Å². The first kappa shape index (κ1) is 18.4. The number of rotatable bonds is 7. The summed E-state index contributed by atoms with van der Waals surface area (Å²) in [6.45, 7) is 1.56. The molecular formula is C18H15ClN2O4. The zero-order chi connectivity index (χ0) is 18.2. The molecule has 0 unspecified atom stereocenters. The molecule has 0 aromatic heterocycles. The summed E-state index contributed by atoms with van der Waals surface area (Å²) in [6, 6.07) is 14.9. The molecule has 2 aromatic rings. The standard InChI is InChI=1S/C18H15ClN2O4/c1-2-25-18(24)17(23)15(21-20-12-8-4-3-5-9-12)16(22)13-10-6-7-11-14(13)19/h3-11,20H,2H2,1H3/b21-15+. The van der Waals surface area contributed by atoms with E-state index in [-0.39, 0.29) is 17.2 Å². The number of esters is 1. The van der Waals surface area contributed by atoms with Crippen molar-refractivity contribution >= 4 is 40.5 Å². The summed E-state index contributed by atoms with van der Waals surface area (Å²) in [5.41, 5.74) is 2.60. The van der Waals surface area contributed by atoms with Gasteiger partial charge in [0.25, 0.3) is 5.78 Å². The molecule has 0 heterocycles. The quantitative estimate of drug-likeness (QED) is 0.205. The lowest BCUT2D eigenvalue weighted by Gasteiger charge is -2.07. The van der Waals surface area contributed by atoms with Crippen molar-refractivity contribution in [3.8, 4) is 0 Å². The average Bonchev–Trinajstić information content (AvgIpc) is 2.63. The van der Waals surface area contributed by atoms with Gasteiger partial charge in [-0.25, -0.2) is 4.79 Å². The van der Waals surface area contributed by atoms with Gasteiger partial charge in [-0.15, -0.1) is 0 Å². The van der Waals surface area contributed by atoms with Crippen molar-refractivity contribution in [1.29, 1.82) is 0 Å². The van der Waals surface area contributed by atoms with Crippen molar-refractivity contribution in [1.82, 2.24) is 0 Å². The molecule has 0 saturated carbocycles. The maximum absolute atomic E-state index is 12.7. The molecule has 7 heteroatoms. The molecule has 25 heavy (non-hydrogen) atoms. The highest BCUT2D eigenvalue weighted by Gasteiger charge is 2.30. The molecule has 6 nitrogen and oxygen atoms in total. The van der Waals surface area contributed by atoms with Gasteiger partial charge in [-0.3, -0.25) is 15.0 Å². The van der Waals surface area contributed by atoms with Gasteiger partial charge in [0.1, 0.15) is 0 Å². The maximum Gasteiger partial charge on any atom is 0.381 e. The minimum Gasteiger partial charge on any atom is -0.460 e. The van der Waals surface area contributed by atoms with E-state index >= 15 is 0 Å². The van der Waals surface area contributed by atoms with Gasteiger partial charge in [-0.05, 0) is 31.2 Å². The Hall–Kier alpha value is -2.99. The minimum atomic E-state index is -1.16. The molecule has 0 aliphatic carbocycles. The van der Waals surface area contributed by atoms with Crippen molar-refractivity contribution in [3.63, 3.8) is 0 Å². The molecule has 2 rings (SSSR count). The molecule has 0 radical (unpaired) electrons. The highest BCUT2D eigenvalue weighted by Crippen LogP contribution is 2.17. The van der Waals surface area contributed by atoms with Crippen LogP contribution in [0.4, 0.5) is 5.69 Å². The normalized spacial score (nSPS) is 10.9. The Morgan fingerprint density at radius 1 is 1.04 bits per heavy atom. The second-order valence-corrected chi connectivity index (χ2v) is 5.20. The third-order valence-corrected chi connectivity index (χ3v) is 3.41. The molecule has 1 N–H and O–H groups in total. The molecule has 0 fully saturated rings. The number of benzene rings is 2. The van der Waals surface area contributed by atoms with E-state index in [1.807, 2.05) is 0 Å². The van der Waals surface area contributed by atoms with E-state index in [4.69, 9.17) is 11.6 Å². The largest absolute Gasteiger partial charge is 0.460 e. The van der Waals surface area contributed by atoms with Crippen LogP contribution in [0.2, 0.25) is 5.02 Å². The molecule has 0 aliphatic rings. The zero-order valence-electron chi connectivity index (χ0n) is 13.4. The fraction of sp³-hybridized carbons (Fsp3) is 0.111. The number of nitrogens with one attached hydrogen (secondary N) is 1. The second kappa shape index (κ2) is 8.75. The van der Waals surface area contributed by atoms with Crippen molar-refractivity contribution in [2.45, 2.75) is 6.92 Å². The monoisotopic (exact) mass is 358 g/mol. The van der Waals surface area contributed by atoms with Crippen molar-refractivity contribution in [3.05, 3.63) is 65.2 Å². The van der Waals surface area contributed by atoms with Crippen molar-refractivity contribution in [2.24, 2.45) is 5.10 Å². The number of Topliss-reactive ketones (excluding diaryl/α,β-unsaturated/α-hetero) is 2. The second-order valence-electron chi connectivity index (χ2n) is 4.80. The third kappa shape index (κ3) is 4.74. The summed E-state index contributed by atoms with van der Waals surface area (Å²) in [6.07, 6.45) is 0. The Labute approximate surface area is 149 Å². The molecule has 0 saturated heterocycles. The molecular weight excluding hydrogens is 344 g/mol. The highest BCUT2D eigenvalue weighted by molar-refractivity contribution is 6.81. The van der Waals surface area contributed by atoms with Gasteiger partial charge >= 0.3 is 5.97 Å². The van der Waals surface area contributed by atoms with Crippen LogP contribution >= 0.6 is 11.6 Å². The van der Waals surface area contributed by atoms with Crippen molar-refractivity contribution in [2.75, 3.05) is 12.0 Å². The Kier molecular flexibility index (Phi) is 6.42. The van der Waals surface area contributed by atoms with Crippen LogP contribution in [0.1, 0.15) is 17.3 Å². The third-order valence-electron chi connectivity index (χ3n) is 3.08. The number of hydrazone groups is 1. The summed E-state index contributed by atoms with van der Waals surface area (Å²) >= 11 is 6.00. The highest BCUT2D eigenvalue weighted by atomic mass is 35.5. The smallest absolute Gasteiger partial charge is 0.381 e. The Morgan fingerprint density at radius 2 is 1.68 bits per heavy atom. The molecule has 0 bridgehead atoms. The van der Waals surface area contributed by atoms with Gasteiger partial charge in [0.2, 0.25) is 5.78 Å². The number of para-hydroxylation sites is 1. The van der Waals surface area contributed by atoms with Gasteiger partial charge in [0.15, 0.2) is 5.71 Å². The summed E-state index contributed by atoms with van der Waals surface area (Å²) in [5, 5.41) is 3.97. The van der Waals surface area contributed by atoms with Crippen LogP contribution in [0.15, 0.2) is 59.7 Å². The lowest BCUT2D eigenvalue weighted by molar-refractivity contribution is -0.150. The fourth-order valence-electron chi connectivity index (χ4n) is 1.90. The summed E-state index contributed by atoms with van der Waals surface area (Å²) < 4.78 is 4.67. The zero-order valence-corrected chi connectivity index (χ0v) is 14.1. The molecule has 128 valence electrons. The predicted octanol–water partition coefficient (Wildman–Crippen LogP) is 3.12. The van der Waals surface area contributed by atoms with Gasteiger partial charge in [-0.2, -0.15) is 5.10 Å². The molecule has 0 atom stereocenters. The van der Waals surface area contributed by atoms with Gasteiger partial charge in [0.05, 0.1) is 17.3 Å². The maximum atomic E-state index is 12.7. The lowest BCUT2D eigenvalue weighted by atomic mass is 10.0. The van der Waals surface area contributed by atoms with Crippen LogP contribution in [0.3, 0.4) is 0 Å². The first-order chi connectivity index (χ1) is 12.0. The minimum absolute atomic E-state index is 0.00422. The average molecular weight is 359 g/mol. The fourth-order valence-corrected chi connectivity index (χ4v) is 2.13. The van der Waals surface area contributed by atoms with Crippen LogP contribution in [-0.2, 0) is 14.3 Å². The Balaban J connectivity index is 2.38. The Bertz CT molecular complexity index is 819. The van der Waals surface area contributed by atoms with Crippen LogP contribution < -0.4 is 5.43 Å². The van der Waals surface area contributed by atoms with E-state index in [1.54, 1.807) is 49.4 Å². The number of anilines is 1. The topological polar surface area (TPSA) is 84.8 Å². The molecule has 0 spiro atoms. The first-order valence-corrected chi connectivity index (χ1v) is 7.81. The number of hydrogen-bond donors (Lipinski definition) is 1. The molecule has 2 aromatic carbocycles. The Morgan fingerprint density at radius 3 is 2.32 bits per heavy atom. The summed E-state index contributed by atoms with van der Waals surface area (Å²) in [5.74, 6) is -3.07. The first-order valence-electron chi connectivity index (χ1n) is 7.44. The number of ether oxygens (including phenoxy) is 1. The van der Waals surface area contributed by atoms with Crippen LogP contribution in [0, 0.1) is 0 Å². The number of carbonyl (C=O) groups is 3. The molecule has 0 aliphatic heterocycles. The van der Waals surface area contributed by atoms with E-state index in [1.165, 1.54) is 12.1 Å². The van der Waals surface area contributed by atoms with E-state index in [0.29, 0.717) is 5.69 Å². The number of halogens is 1. The summed E-state index contributed by atoms with van der Waals surface area (Å²) in [7, 11) is 0. The number of ketones is 2. The molecule has 0 amide bonds. The number of nitrogens with zero attached hydrogens (tertiary/aromatic N) is 1. The van der Waals surface area contributed by atoms with Crippen LogP contribution in [0.25, 0.3) is 0 Å². The van der Waals surface area contributed by atoms with Gasteiger partial charge in [0, 0.05) is 5.56 Å². The van der Waals surface area contributed by atoms with Crippen LogP contribution in [0.5, 0.6) is 0 Å².